The SMILES string of the molecule is CC/C=C\C/C=C\C/C=C\C/C=C\C/C=C\C/C=C\C/C=C\CCCCCC(=O)OC(COCCCCCCCCCCCC/C=C\CCCCCCCC)COP(=O)(O)OCC[N+](C)(C)C. The zero-order valence-corrected chi connectivity index (χ0v) is 44.7. The van der Waals surface area contributed by atoms with Crippen molar-refractivity contribution in [3.8, 4) is 0 Å². The number of carbonyl (C=O) groups excluding carboxylic acids is 1. The van der Waals surface area contributed by atoms with E-state index in [0.29, 0.717) is 17.6 Å². The van der Waals surface area contributed by atoms with E-state index < -0.39 is 13.9 Å². The Bertz CT molecular complexity index is 1390. The fourth-order valence-electron chi connectivity index (χ4n) is 7.00. The lowest BCUT2D eigenvalue weighted by atomic mass is 10.1. The molecule has 1 N–H and O–H groups in total. The molecule has 0 aromatic rings. The predicted molar refractivity (Wildman–Crippen MR) is 288 cm³/mol. The molecule has 2 atom stereocenters. The Morgan fingerprint density at radius 3 is 1.31 bits per heavy atom. The van der Waals surface area contributed by atoms with Gasteiger partial charge in [0.05, 0.1) is 34.4 Å². The molecular formula is C58H103NO7P+. The number of hydrogen-bond acceptors (Lipinski definition) is 6. The molecule has 0 aliphatic rings. The van der Waals surface area contributed by atoms with Crippen molar-refractivity contribution >= 4 is 13.8 Å². The van der Waals surface area contributed by atoms with Crippen LogP contribution < -0.4 is 0 Å². The van der Waals surface area contributed by atoms with Gasteiger partial charge in [0.25, 0.3) is 0 Å². The van der Waals surface area contributed by atoms with Crippen LogP contribution in [0.3, 0.4) is 0 Å². The highest BCUT2D eigenvalue weighted by molar-refractivity contribution is 7.47. The van der Waals surface area contributed by atoms with Crippen molar-refractivity contribution in [3.05, 3.63) is 97.2 Å². The Morgan fingerprint density at radius 1 is 0.478 bits per heavy atom. The van der Waals surface area contributed by atoms with Crippen LogP contribution >= 0.6 is 7.82 Å². The third-order valence-corrected chi connectivity index (χ3v) is 12.1. The van der Waals surface area contributed by atoms with Crippen molar-refractivity contribution in [1.82, 2.24) is 0 Å². The van der Waals surface area contributed by atoms with E-state index in [1.165, 1.54) is 103 Å². The molecule has 8 nitrogen and oxygen atoms in total. The molecule has 0 radical (unpaired) electrons. The van der Waals surface area contributed by atoms with E-state index in [0.717, 1.165) is 83.5 Å². The van der Waals surface area contributed by atoms with Crippen molar-refractivity contribution in [2.75, 3.05) is 54.1 Å². The Hall–Kier alpha value is -2.58. The summed E-state index contributed by atoms with van der Waals surface area (Å²) in [6.07, 6.45) is 68.9. The van der Waals surface area contributed by atoms with Crippen LogP contribution in [0.15, 0.2) is 97.2 Å². The average Bonchev–Trinajstić information content (AvgIpc) is 3.29. The first-order valence-corrected chi connectivity index (χ1v) is 28.5. The Kier molecular flexibility index (Phi) is 47.9. The molecule has 0 saturated heterocycles. The predicted octanol–water partition coefficient (Wildman–Crippen LogP) is 16.9. The maximum atomic E-state index is 12.8. The van der Waals surface area contributed by atoms with E-state index in [9.17, 15) is 14.3 Å². The molecule has 0 saturated carbocycles. The van der Waals surface area contributed by atoms with Crippen molar-refractivity contribution in [1.29, 1.82) is 0 Å². The lowest BCUT2D eigenvalue weighted by Crippen LogP contribution is -2.37. The maximum absolute atomic E-state index is 12.8. The third-order valence-electron chi connectivity index (χ3n) is 11.1. The van der Waals surface area contributed by atoms with E-state index in [4.69, 9.17) is 18.5 Å². The highest BCUT2D eigenvalue weighted by Gasteiger charge is 2.26. The Morgan fingerprint density at radius 2 is 0.866 bits per heavy atom. The number of hydrogen-bond donors (Lipinski definition) is 1. The molecule has 0 bridgehead atoms. The van der Waals surface area contributed by atoms with Crippen LogP contribution in [0, 0.1) is 0 Å². The van der Waals surface area contributed by atoms with Crippen molar-refractivity contribution < 1.29 is 37.3 Å². The first-order chi connectivity index (χ1) is 32.6. The number of quaternary nitrogens is 1. The van der Waals surface area contributed by atoms with Gasteiger partial charge in [-0.25, -0.2) is 4.57 Å². The molecule has 0 spiro atoms. The molecule has 0 aliphatic carbocycles. The number of likely N-dealkylation sites (N-methyl/N-ethyl adjacent to an activating group) is 1. The van der Waals surface area contributed by atoms with Gasteiger partial charge >= 0.3 is 13.8 Å². The van der Waals surface area contributed by atoms with Gasteiger partial charge in [-0.2, -0.15) is 0 Å². The maximum Gasteiger partial charge on any atom is 0.472 e. The second kappa shape index (κ2) is 49.8. The number of rotatable bonds is 49. The van der Waals surface area contributed by atoms with Crippen LogP contribution in [0.5, 0.6) is 0 Å². The summed E-state index contributed by atoms with van der Waals surface area (Å²) in [6.45, 7) is 5.45. The van der Waals surface area contributed by atoms with E-state index in [-0.39, 0.29) is 32.2 Å². The molecule has 0 amide bonds. The summed E-state index contributed by atoms with van der Waals surface area (Å²) in [5.41, 5.74) is 0. The van der Waals surface area contributed by atoms with Crippen molar-refractivity contribution in [3.63, 3.8) is 0 Å². The molecule has 0 aliphatic heterocycles. The summed E-state index contributed by atoms with van der Waals surface area (Å²) in [6, 6.07) is 0. The molecule has 0 aromatic heterocycles. The van der Waals surface area contributed by atoms with Gasteiger partial charge in [-0.15, -0.1) is 0 Å². The van der Waals surface area contributed by atoms with Gasteiger partial charge < -0.3 is 18.9 Å². The van der Waals surface area contributed by atoms with Gasteiger partial charge in [0.1, 0.15) is 19.3 Å². The smallest absolute Gasteiger partial charge is 0.457 e. The van der Waals surface area contributed by atoms with Gasteiger partial charge in [0, 0.05) is 13.0 Å². The summed E-state index contributed by atoms with van der Waals surface area (Å²) in [4.78, 5) is 23.0. The van der Waals surface area contributed by atoms with Crippen LogP contribution in [0.25, 0.3) is 0 Å². The van der Waals surface area contributed by atoms with Crippen LogP contribution in [-0.4, -0.2) is 75.6 Å². The lowest BCUT2D eigenvalue weighted by Gasteiger charge is -2.24. The molecule has 2 unspecified atom stereocenters. The van der Waals surface area contributed by atoms with Gasteiger partial charge in [-0.1, -0.05) is 201 Å². The van der Waals surface area contributed by atoms with Crippen LogP contribution in [0.4, 0.5) is 0 Å². The van der Waals surface area contributed by atoms with Crippen LogP contribution in [0.1, 0.15) is 206 Å². The fourth-order valence-corrected chi connectivity index (χ4v) is 7.74. The van der Waals surface area contributed by atoms with Crippen molar-refractivity contribution in [2.45, 2.75) is 213 Å². The van der Waals surface area contributed by atoms with Gasteiger partial charge in [-0.05, 0) is 96.3 Å². The quantitative estimate of drug-likeness (QED) is 0.0213. The number of ether oxygens (including phenoxy) is 2. The highest BCUT2D eigenvalue weighted by atomic mass is 31.2. The summed E-state index contributed by atoms with van der Waals surface area (Å²) in [5, 5.41) is 0. The zero-order chi connectivity index (χ0) is 49.0. The summed E-state index contributed by atoms with van der Waals surface area (Å²) in [5.74, 6) is -0.347. The summed E-state index contributed by atoms with van der Waals surface area (Å²) in [7, 11) is 1.63. The van der Waals surface area contributed by atoms with E-state index >= 15 is 0 Å². The standard InChI is InChI=1S/C58H102NO7P/c1-6-8-10-12-14-16-18-20-22-24-26-28-29-30-31-32-33-35-37-39-41-43-45-47-49-51-58(60)66-57(56-65-67(61,62)64-54-52-59(3,4)5)55-63-53-50-48-46-44-42-40-38-36-34-27-25-23-21-19-17-15-13-11-9-7-2/h8,10,14,16,20-23,26,28,30-31,33,35,39,41,57H,6-7,9,11-13,15,17-19,24-25,27,29,32,34,36-38,40,42-56H2,1-5H3/p+1/b10-8-,16-14-,22-20-,23-21-,28-26-,31-30-,35-33-,41-39-. The summed E-state index contributed by atoms with van der Waals surface area (Å²) < 4.78 is 35.2. The minimum absolute atomic E-state index is 0.0766. The largest absolute Gasteiger partial charge is 0.472 e. The molecule has 0 heterocycles. The first kappa shape index (κ1) is 64.4. The molecule has 0 aromatic carbocycles. The minimum atomic E-state index is -4.30. The third kappa shape index (κ3) is 54.2. The van der Waals surface area contributed by atoms with E-state index in [2.05, 4.69) is 111 Å². The monoisotopic (exact) mass is 957 g/mol. The second-order valence-electron chi connectivity index (χ2n) is 18.9. The number of nitrogens with zero attached hydrogens (tertiary/aromatic N) is 1. The number of phosphoric ester groups is 1. The second-order valence-corrected chi connectivity index (χ2v) is 20.3. The minimum Gasteiger partial charge on any atom is -0.457 e. The normalized spacial score (nSPS) is 14.3. The molecule has 9 heteroatoms. The Labute approximate surface area is 413 Å². The number of unbranched alkanes of at least 4 members (excludes halogenated alkanes) is 19. The number of carbonyl (C=O) groups is 1. The molecule has 0 fully saturated rings. The lowest BCUT2D eigenvalue weighted by molar-refractivity contribution is -0.870. The summed E-state index contributed by atoms with van der Waals surface area (Å²) >= 11 is 0. The average molecular weight is 957 g/mol. The van der Waals surface area contributed by atoms with E-state index in [1.807, 2.05) is 21.1 Å². The van der Waals surface area contributed by atoms with E-state index in [1.54, 1.807) is 0 Å². The Balaban J connectivity index is 4.23. The number of esters is 1. The molecular weight excluding hydrogens is 854 g/mol. The molecule has 67 heavy (non-hydrogen) atoms. The number of phosphoric acid groups is 1. The topological polar surface area (TPSA) is 91.3 Å². The molecule has 0 rings (SSSR count). The fraction of sp³-hybridized carbons (Fsp3) is 0.707. The van der Waals surface area contributed by atoms with Crippen molar-refractivity contribution in [2.24, 2.45) is 0 Å². The van der Waals surface area contributed by atoms with Gasteiger partial charge in [-0.3, -0.25) is 13.8 Å². The zero-order valence-electron chi connectivity index (χ0n) is 43.9. The number of allylic oxidation sites excluding steroid dienone is 16. The van der Waals surface area contributed by atoms with Crippen LogP contribution in [-0.2, 0) is 27.9 Å². The first-order valence-electron chi connectivity index (χ1n) is 27.0. The highest BCUT2D eigenvalue weighted by Crippen LogP contribution is 2.43. The van der Waals surface area contributed by atoms with Crippen LogP contribution in [0.2, 0.25) is 0 Å². The molecule has 386 valence electrons. The van der Waals surface area contributed by atoms with Gasteiger partial charge in [0.2, 0.25) is 0 Å². The van der Waals surface area contributed by atoms with Gasteiger partial charge in [0.15, 0.2) is 0 Å².